The van der Waals surface area contributed by atoms with Crippen LogP contribution in [0.1, 0.15) is 25.7 Å². The van der Waals surface area contributed by atoms with E-state index in [2.05, 4.69) is 19.6 Å². The van der Waals surface area contributed by atoms with Gasteiger partial charge in [0.05, 0.1) is 0 Å². The molecule has 0 aromatic heterocycles. The Kier molecular flexibility index (Phi) is 4.77. The van der Waals surface area contributed by atoms with E-state index >= 15 is 0 Å². The zero-order valence-corrected chi connectivity index (χ0v) is 13.3. The Bertz CT molecular complexity index is 283. The average molecular weight is 359 g/mol. The molecule has 0 amide bonds. The first-order valence-corrected chi connectivity index (χ1v) is 16.1. The van der Waals surface area contributed by atoms with Gasteiger partial charge in [0, 0.05) is 0 Å². The van der Waals surface area contributed by atoms with Crippen LogP contribution in [0.4, 0.5) is 13.2 Å². The van der Waals surface area contributed by atoms with Gasteiger partial charge in [0.15, 0.2) is 0 Å². The minimum atomic E-state index is -4.86. The maximum absolute atomic E-state index is 12.1. The predicted octanol–water partition coefficient (Wildman–Crippen LogP) is 3.74. The van der Waals surface area contributed by atoms with E-state index in [1.807, 2.05) is 0 Å². The number of ether oxygens (including phenoxy) is 1. The fourth-order valence-electron chi connectivity index (χ4n) is 2.26. The summed E-state index contributed by atoms with van der Waals surface area (Å²) >= 11 is -2.09. The number of hydrogen-bond acceptors (Lipinski definition) is 2. The van der Waals surface area contributed by atoms with Gasteiger partial charge in [-0.15, -0.1) is 0 Å². The molecule has 0 heterocycles. The van der Waals surface area contributed by atoms with Crippen LogP contribution in [-0.4, -0.2) is 36.6 Å². The molecule has 2 unspecified atom stereocenters. The molecule has 0 aliphatic heterocycles. The second-order valence-corrected chi connectivity index (χ2v) is 21.6. The molecule has 1 fully saturated rings. The molecule has 1 aliphatic carbocycles. The molecule has 1 rings (SSSR count). The molecular weight excluding hydrogens is 340 g/mol. The molecular formula is C11H19F3O2Sn. The van der Waals surface area contributed by atoms with Crippen molar-refractivity contribution in [2.24, 2.45) is 0 Å². The van der Waals surface area contributed by atoms with Crippen LogP contribution in [0.3, 0.4) is 0 Å². The van der Waals surface area contributed by atoms with Gasteiger partial charge < -0.3 is 0 Å². The Morgan fingerprint density at radius 1 is 1.24 bits per heavy atom. The van der Waals surface area contributed by atoms with Crippen LogP contribution < -0.4 is 0 Å². The second-order valence-electron chi connectivity index (χ2n) is 5.75. The molecule has 0 radical (unpaired) electrons. The summed E-state index contributed by atoms with van der Waals surface area (Å²) in [5, 5.41) is 0. The summed E-state index contributed by atoms with van der Waals surface area (Å²) in [4.78, 5) is 17.6. The summed E-state index contributed by atoms with van der Waals surface area (Å²) < 4.78 is 41.3. The first-order valence-electron chi connectivity index (χ1n) is 5.88. The van der Waals surface area contributed by atoms with Crippen molar-refractivity contribution in [2.75, 3.05) is 0 Å². The van der Waals surface area contributed by atoms with Crippen molar-refractivity contribution in [1.82, 2.24) is 0 Å². The van der Waals surface area contributed by atoms with Crippen LogP contribution in [-0.2, 0) is 9.53 Å². The topological polar surface area (TPSA) is 26.3 Å². The zero-order chi connectivity index (χ0) is 13.3. The van der Waals surface area contributed by atoms with Crippen LogP contribution >= 0.6 is 0 Å². The van der Waals surface area contributed by atoms with Gasteiger partial charge >= 0.3 is 104 Å². The van der Waals surface area contributed by atoms with Crippen molar-refractivity contribution >= 4 is 24.3 Å². The van der Waals surface area contributed by atoms with Gasteiger partial charge in [-0.05, 0) is 0 Å². The number of halogens is 3. The average Bonchev–Trinajstić information content (AvgIpc) is 2.15. The monoisotopic (exact) mass is 360 g/mol. The molecule has 0 N–H and O–H groups in total. The van der Waals surface area contributed by atoms with Gasteiger partial charge in [0.2, 0.25) is 0 Å². The van der Waals surface area contributed by atoms with Crippen molar-refractivity contribution < 1.29 is 22.7 Å². The third kappa shape index (κ3) is 4.67. The number of carbonyl (C=O) groups excluding carboxylic acids is 1. The Hall–Kier alpha value is 0.0587. The molecule has 17 heavy (non-hydrogen) atoms. The SMILES string of the molecule is [CH3][Sn]([CH3])([CH3])[CH]1CCCC(OC(=O)C(F)(F)F)C1. The molecule has 0 saturated heterocycles. The Balaban J connectivity index is 2.54. The zero-order valence-electron chi connectivity index (χ0n) is 10.4. The van der Waals surface area contributed by atoms with Crippen molar-refractivity contribution in [3.63, 3.8) is 0 Å². The fraction of sp³-hybridized carbons (Fsp3) is 0.909. The summed E-state index contributed by atoms with van der Waals surface area (Å²) in [7, 11) is 0. The Labute approximate surface area is 104 Å². The molecule has 1 aliphatic rings. The van der Waals surface area contributed by atoms with Gasteiger partial charge in [-0.1, -0.05) is 0 Å². The summed E-state index contributed by atoms with van der Waals surface area (Å²) in [5.41, 5.74) is 0. The van der Waals surface area contributed by atoms with Crippen LogP contribution in [0.5, 0.6) is 0 Å². The van der Waals surface area contributed by atoms with E-state index in [0.29, 0.717) is 16.8 Å². The normalized spacial score (nSPS) is 26.7. The minimum absolute atomic E-state index is 0.518. The molecule has 0 bridgehead atoms. The molecule has 6 heteroatoms. The molecule has 0 aromatic rings. The fourth-order valence-corrected chi connectivity index (χ4v) is 8.08. The van der Waals surface area contributed by atoms with Crippen LogP contribution in [0.15, 0.2) is 0 Å². The van der Waals surface area contributed by atoms with E-state index in [1.165, 1.54) is 0 Å². The third-order valence-corrected chi connectivity index (χ3v) is 11.8. The molecule has 0 spiro atoms. The maximum atomic E-state index is 12.1. The molecule has 0 aromatic carbocycles. The van der Waals surface area contributed by atoms with Gasteiger partial charge in [-0.25, -0.2) is 0 Å². The van der Waals surface area contributed by atoms with E-state index in [1.54, 1.807) is 0 Å². The second kappa shape index (κ2) is 5.36. The molecule has 1 saturated carbocycles. The number of carbonyl (C=O) groups is 1. The first kappa shape index (κ1) is 15.1. The van der Waals surface area contributed by atoms with Gasteiger partial charge in [0.25, 0.3) is 0 Å². The number of alkyl halides is 3. The van der Waals surface area contributed by atoms with Gasteiger partial charge in [0.1, 0.15) is 0 Å². The van der Waals surface area contributed by atoms with Crippen molar-refractivity contribution in [2.45, 2.75) is 56.7 Å². The Morgan fingerprint density at radius 2 is 1.82 bits per heavy atom. The van der Waals surface area contributed by atoms with Crippen molar-refractivity contribution in [1.29, 1.82) is 0 Å². The van der Waals surface area contributed by atoms with E-state index in [0.717, 1.165) is 12.8 Å². The third-order valence-electron chi connectivity index (χ3n) is 3.36. The predicted molar refractivity (Wildman–Crippen MR) is 61.5 cm³/mol. The number of rotatable bonds is 2. The van der Waals surface area contributed by atoms with Crippen LogP contribution in [0, 0.1) is 0 Å². The number of esters is 1. The van der Waals surface area contributed by atoms with Crippen LogP contribution in [0.25, 0.3) is 0 Å². The van der Waals surface area contributed by atoms with Crippen molar-refractivity contribution in [3.8, 4) is 0 Å². The molecule has 2 nitrogen and oxygen atoms in total. The summed E-state index contributed by atoms with van der Waals surface area (Å²) in [5.74, 6) is -2.03. The quantitative estimate of drug-likeness (QED) is 0.555. The van der Waals surface area contributed by atoms with E-state index < -0.39 is 36.6 Å². The molecule has 100 valence electrons. The first-order chi connectivity index (χ1) is 7.60. The standard InChI is InChI=1S/C8H10F3O2.3CH3.Sn/c9-8(10,11)7(12)13-6-4-2-1-3-5-6;;;;/h2,6H,1,3-5H2;3*1H3;. The van der Waals surface area contributed by atoms with Crippen molar-refractivity contribution in [3.05, 3.63) is 0 Å². The van der Waals surface area contributed by atoms with E-state index in [4.69, 9.17) is 0 Å². The molecule has 2 atom stereocenters. The van der Waals surface area contributed by atoms with Crippen LogP contribution in [0.2, 0.25) is 18.8 Å². The summed E-state index contributed by atoms with van der Waals surface area (Å²) in [6.45, 7) is 0. The van der Waals surface area contributed by atoms with E-state index in [-0.39, 0.29) is 0 Å². The van der Waals surface area contributed by atoms with E-state index in [9.17, 15) is 18.0 Å². The van der Waals surface area contributed by atoms with Gasteiger partial charge in [-0.3, -0.25) is 0 Å². The summed E-state index contributed by atoms with van der Waals surface area (Å²) in [6.07, 6.45) is -2.24. The van der Waals surface area contributed by atoms with Gasteiger partial charge in [-0.2, -0.15) is 0 Å². The summed E-state index contributed by atoms with van der Waals surface area (Å²) in [6, 6.07) is 0. The Morgan fingerprint density at radius 3 is 2.29 bits per heavy atom. The number of hydrogen-bond donors (Lipinski definition) is 0.